The molecular formula is C9H17F2NO3. The number of aliphatic hydroxyl groups excluding tert-OH is 2. The molecule has 6 heteroatoms. The maximum atomic E-state index is 13.1. The van der Waals surface area contributed by atoms with Crippen molar-refractivity contribution in [3.05, 3.63) is 0 Å². The van der Waals surface area contributed by atoms with Crippen LogP contribution in [-0.2, 0) is 4.74 Å². The average molecular weight is 225 g/mol. The van der Waals surface area contributed by atoms with E-state index in [2.05, 4.69) is 0 Å². The zero-order valence-electron chi connectivity index (χ0n) is 8.51. The van der Waals surface area contributed by atoms with Gasteiger partial charge in [0.15, 0.2) is 6.17 Å². The van der Waals surface area contributed by atoms with Crippen LogP contribution in [0.3, 0.4) is 0 Å². The Hall–Kier alpha value is -0.300. The van der Waals surface area contributed by atoms with Crippen molar-refractivity contribution >= 4 is 0 Å². The van der Waals surface area contributed by atoms with E-state index in [0.29, 0.717) is 0 Å². The van der Waals surface area contributed by atoms with E-state index in [4.69, 9.17) is 15.6 Å². The Balaban J connectivity index is 2.58. The summed E-state index contributed by atoms with van der Waals surface area (Å²) in [6.07, 6.45) is -5.48. The Morgan fingerprint density at radius 1 is 1.47 bits per heavy atom. The van der Waals surface area contributed by atoms with Crippen LogP contribution >= 0.6 is 0 Å². The van der Waals surface area contributed by atoms with E-state index in [1.165, 1.54) is 0 Å². The molecule has 1 rings (SSSR count). The van der Waals surface area contributed by atoms with Gasteiger partial charge in [0.25, 0.3) is 0 Å². The minimum absolute atomic E-state index is 0.0541. The first-order chi connectivity index (χ1) is 6.97. The molecule has 4 nitrogen and oxygen atoms in total. The van der Waals surface area contributed by atoms with Crippen molar-refractivity contribution in [1.82, 2.24) is 0 Å². The highest BCUT2D eigenvalue weighted by atomic mass is 19.2. The van der Waals surface area contributed by atoms with E-state index in [0.717, 1.165) is 0 Å². The molecule has 0 radical (unpaired) electrons. The van der Waals surface area contributed by atoms with E-state index in [1.54, 1.807) is 6.92 Å². The third-order valence-electron chi connectivity index (χ3n) is 2.83. The van der Waals surface area contributed by atoms with Crippen molar-refractivity contribution < 1.29 is 23.7 Å². The van der Waals surface area contributed by atoms with Crippen molar-refractivity contribution in [3.63, 3.8) is 0 Å². The quantitative estimate of drug-likeness (QED) is 0.618. The monoisotopic (exact) mass is 225 g/mol. The maximum absolute atomic E-state index is 13.1. The fraction of sp³-hybridized carbons (Fsp3) is 1.00. The second-order valence-corrected chi connectivity index (χ2v) is 3.98. The average Bonchev–Trinajstić information content (AvgIpc) is 2.22. The van der Waals surface area contributed by atoms with Crippen LogP contribution < -0.4 is 5.73 Å². The number of hydrogen-bond donors (Lipinski definition) is 3. The van der Waals surface area contributed by atoms with Crippen molar-refractivity contribution in [2.45, 2.75) is 44.1 Å². The zero-order chi connectivity index (χ0) is 11.6. The van der Waals surface area contributed by atoms with Gasteiger partial charge in [0.1, 0.15) is 0 Å². The normalized spacial score (nSPS) is 44.0. The zero-order valence-corrected chi connectivity index (χ0v) is 8.51. The Labute approximate surface area is 87.0 Å². The predicted molar refractivity (Wildman–Crippen MR) is 49.5 cm³/mol. The number of halogens is 2. The summed E-state index contributed by atoms with van der Waals surface area (Å²) in [5.41, 5.74) is 5.48. The van der Waals surface area contributed by atoms with Crippen LogP contribution in [0.4, 0.5) is 8.78 Å². The molecular weight excluding hydrogens is 208 g/mol. The topological polar surface area (TPSA) is 75.7 Å². The molecule has 1 fully saturated rings. The summed E-state index contributed by atoms with van der Waals surface area (Å²) in [5, 5.41) is 17.8. The van der Waals surface area contributed by atoms with Crippen LogP contribution in [0.1, 0.15) is 13.3 Å². The van der Waals surface area contributed by atoms with Crippen LogP contribution in [0.25, 0.3) is 0 Å². The van der Waals surface area contributed by atoms with Gasteiger partial charge in [-0.1, -0.05) is 6.92 Å². The fourth-order valence-electron chi connectivity index (χ4n) is 1.69. The molecule has 0 aliphatic carbocycles. The summed E-state index contributed by atoms with van der Waals surface area (Å²) in [6.45, 7) is 1.20. The number of rotatable bonds is 3. The maximum Gasteiger partial charge on any atom is 0.232 e. The Kier molecular flexibility index (Phi) is 4.39. The van der Waals surface area contributed by atoms with Crippen LogP contribution in [0.5, 0.6) is 0 Å². The van der Waals surface area contributed by atoms with Gasteiger partial charge in [-0.2, -0.15) is 0 Å². The van der Waals surface area contributed by atoms with E-state index < -0.39 is 43.3 Å². The fourth-order valence-corrected chi connectivity index (χ4v) is 1.69. The molecule has 5 unspecified atom stereocenters. The summed E-state index contributed by atoms with van der Waals surface area (Å²) in [4.78, 5) is 0. The van der Waals surface area contributed by atoms with Gasteiger partial charge in [0.2, 0.25) is 6.36 Å². The summed E-state index contributed by atoms with van der Waals surface area (Å²) in [6, 6.07) is -0.940. The first-order valence-corrected chi connectivity index (χ1v) is 4.95. The molecule has 4 N–H and O–H groups in total. The van der Waals surface area contributed by atoms with Gasteiger partial charge in [-0.3, -0.25) is 0 Å². The van der Waals surface area contributed by atoms with Crippen LogP contribution in [0.2, 0.25) is 0 Å². The van der Waals surface area contributed by atoms with Gasteiger partial charge in [-0.05, 0) is 0 Å². The third-order valence-corrected chi connectivity index (χ3v) is 2.83. The largest absolute Gasteiger partial charge is 0.394 e. The van der Waals surface area contributed by atoms with E-state index in [-0.39, 0.29) is 6.42 Å². The van der Waals surface area contributed by atoms with E-state index in [9.17, 15) is 13.9 Å². The smallest absolute Gasteiger partial charge is 0.232 e. The number of ether oxygens (including phenoxy) is 1. The van der Waals surface area contributed by atoms with E-state index >= 15 is 0 Å². The van der Waals surface area contributed by atoms with Crippen LogP contribution in [0.15, 0.2) is 0 Å². The first kappa shape index (κ1) is 12.8. The number of hydrogen-bond acceptors (Lipinski definition) is 4. The molecule has 1 aliphatic heterocycles. The van der Waals surface area contributed by atoms with Gasteiger partial charge in [-0.25, -0.2) is 8.78 Å². The second-order valence-electron chi connectivity index (χ2n) is 3.98. The summed E-state index contributed by atoms with van der Waals surface area (Å²) >= 11 is 0. The van der Waals surface area contributed by atoms with Gasteiger partial charge in [0, 0.05) is 18.4 Å². The standard InChI is InChI=1S/C9H17F2NO3/c1-4-6(2-5(14)3-13)15-9(11)7(10)8(4)12/h4-9,13-14H,2-3,12H2,1H3/t4?,5-,6?,7?,8?,9?/m0/s1. The lowest BCUT2D eigenvalue weighted by Crippen LogP contribution is -2.55. The summed E-state index contributed by atoms with van der Waals surface area (Å²) < 4.78 is 30.8. The Morgan fingerprint density at radius 3 is 2.60 bits per heavy atom. The summed E-state index contributed by atoms with van der Waals surface area (Å²) in [5.74, 6) is -0.395. The van der Waals surface area contributed by atoms with Crippen molar-refractivity contribution in [1.29, 1.82) is 0 Å². The minimum Gasteiger partial charge on any atom is -0.394 e. The van der Waals surface area contributed by atoms with Gasteiger partial charge in [0.05, 0.1) is 18.8 Å². The minimum atomic E-state index is -2.05. The van der Waals surface area contributed by atoms with Crippen molar-refractivity contribution in [2.24, 2.45) is 11.7 Å². The van der Waals surface area contributed by atoms with Crippen LogP contribution in [0, 0.1) is 5.92 Å². The van der Waals surface area contributed by atoms with Gasteiger partial charge < -0.3 is 20.7 Å². The van der Waals surface area contributed by atoms with Gasteiger partial charge in [-0.15, -0.1) is 0 Å². The lowest BCUT2D eigenvalue weighted by Gasteiger charge is -2.38. The highest BCUT2D eigenvalue weighted by Crippen LogP contribution is 2.29. The molecule has 15 heavy (non-hydrogen) atoms. The predicted octanol–water partition coefficient (Wildman–Crippen LogP) is -0.274. The number of alkyl halides is 2. The highest BCUT2D eigenvalue weighted by molar-refractivity contribution is 4.90. The molecule has 0 amide bonds. The molecule has 1 aliphatic rings. The van der Waals surface area contributed by atoms with Crippen molar-refractivity contribution in [2.75, 3.05) is 6.61 Å². The third kappa shape index (κ3) is 2.84. The highest BCUT2D eigenvalue weighted by Gasteiger charge is 2.42. The molecule has 0 spiro atoms. The number of nitrogens with two attached hydrogens (primary N) is 1. The first-order valence-electron chi connectivity index (χ1n) is 4.95. The van der Waals surface area contributed by atoms with Gasteiger partial charge >= 0.3 is 0 Å². The molecule has 0 bridgehead atoms. The lowest BCUT2D eigenvalue weighted by atomic mass is 9.87. The molecule has 6 atom stereocenters. The lowest BCUT2D eigenvalue weighted by molar-refractivity contribution is -0.191. The Bertz CT molecular complexity index is 206. The molecule has 0 aromatic heterocycles. The molecule has 1 saturated heterocycles. The SMILES string of the molecule is CC1C(C[C@H](O)CO)OC(F)C(F)C1N. The van der Waals surface area contributed by atoms with Crippen molar-refractivity contribution in [3.8, 4) is 0 Å². The summed E-state index contributed by atoms with van der Waals surface area (Å²) in [7, 11) is 0. The Morgan fingerprint density at radius 2 is 2.07 bits per heavy atom. The molecule has 1 heterocycles. The van der Waals surface area contributed by atoms with E-state index in [1.807, 2.05) is 0 Å². The molecule has 0 aromatic rings. The molecule has 0 aromatic carbocycles. The second kappa shape index (κ2) is 5.16. The van der Waals surface area contributed by atoms with Crippen LogP contribution in [-0.4, -0.2) is 47.6 Å². The number of aliphatic hydroxyl groups is 2. The molecule has 90 valence electrons. The molecule has 0 saturated carbocycles.